The van der Waals surface area contributed by atoms with Gasteiger partial charge in [-0.1, -0.05) is 12.1 Å². The molecule has 0 radical (unpaired) electrons. The second-order valence-electron chi connectivity index (χ2n) is 4.71. The van der Waals surface area contributed by atoms with Gasteiger partial charge in [-0.3, -0.25) is 0 Å². The summed E-state index contributed by atoms with van der Waals surface area (Å²) in [4.78, 5) is 15.1. The number of pyridine rings is 1. The van der Waals surface area contributed by atoms with Crippen LogP contribution in [0.2, 0.25) is 0 Å². The van der Waals surface area contributed by atoms with Gasteiger partial charge in [-0.15, -0.1) is 0 Å². The monoisotopic (exact) mass is 326 g/mol. The largest absolute Gasteiger partial charge is 0.478 e. The summed E-state index contributed by atoms with van der Waals surface area (Å²) >= 11 is 0. The quantitative estimate of drug-likeness (QED) is 0.787. The number of benzene rings is 1. The molecule has 0 aliphatic heterocycles. The van der Waals surface area contributed by atoms with Crippen molar-refractivity contribution in [1.29, 1.82) is 0 Å². The number of carbonyl (C=O) groups is 1. The molecule has 0 atom stereocenters. The minimum absolute atomic E-state index is 0.0453. The van der Waals surface area contributed by atoms with Gasteiger partial charge in [0.1, 0.15) is 11.4 Å². The number of hydrogen-bond acceptors (Lipinski definition) is 4. The summed E-state index contributed by atoms with van der Waals surface area (Å²) in [6.45, 7) is -0.255. The first kappa shape index (κ1) is 16.8. The van der Waals surface area contributed by atoms with Gasteiger partial charge >= 0.3 is 12.1 Å². The van der Waals surface area contributed by atoms with Gasteiger partial charge in [0.2, 0.25) is 0 Å². The molecule has 5 nitrogen and oxygen atoms in total. The summed E-state index contributed by atoms with van der Waals surface area (Å²) in [7, 11) is 0. The molecular formula is C15H13F3N2O3. The van der Waals surface area contributed by atoms with E-state index in [1.165, 1.54) is 24.3 Å². The molecule has 0 amide bonds. The van der Waals surface area contributed by atoms with Gasteiger partial charge in [-0.2, -0.15) is 13.2 Å². The number of aliphatic hydroxyl groups is 1. The summed E-state index contributed by atoms with van der Waals surface area (Å²) in [5.41, 5.74) is -0.0301. The van der Waals surface area contributed by atoms with E-state index in [9.17, 15) is 18.0 Å². The van der Waals surface area contributed by atoms with E-state index < -0.39 is 17.7 Å². The zero-order valence-corrected chi connectivity index (χ0v) is 11.8. The molecule has 1 aromatic heterocycles. The molecule has 3 N–H and O–H groups in total. The SMILES string of the molecule is O=C(O)c1ccc(CO)nc1NCc1ccc(C(F)(F)F)cc1. The molecule has 1 aromatic carbocycles. The summed E-state index contributed by atoms with van der Waals surface area (Å²) in [6, 6.07) is 7.18. The Morgan fingerprint density at radius 3 is 2.30 bits per heavy atom. The number of anilines is 1. The van der Waals surface area contributed by atoms with Crippen molar-refractivity contribution in [3.05, 3.63) is 58.8 Å². The van der Waals surface area contributed by atoms with Gasteiger partial charge in [0.05, 0.1) is 17.9 Å². The predicted molar refractivity (Wildman–Crippen MR) is 75.9 cm³/mol. The highest BCUT2D eigenvalue weighted by atomic mass is 19.4. The molecule has 122 valence electrons. The minimum atomic E-state index is -4.40. The zero-order valence-electron chi connectivity index (χ0n) is 11.8. The van der Waals surface area contributed by atoms with E-state index in [-0.39, 0.29) is 30.2 Å². The number of nitrogens with one attached hydrogen (secondary N) is 1. The highest BCUT2D eigenvalue weighted by Crippen LogP contribution is 2.29. The van der Waals surface area contributed by atoms with Gasteiger partial charge < -0.3 is 15.5 Å². The Kier molecular flexibility index (Phi) is 4.85. The maximum Gasteiger partial charge on any atom is 0.416 e. The number of aliphatic hydroxyl groups excluding tert-OH is 1. The fraction of sp³-hybridized carbons (Fsp3) is 0.200. The Hall–Kier alpha value is -2.61. The summed E-state index contributed by atoms with van der Waals surface area (Å²) < 4.78 is 37.4. The molecule has 2 rings (SSSR count). The molecule has 0 fully saturated rings. The Morgan fingerprint density at radius 1 is 1.13 bits per heavy atom. The van der Waals surface area contributed by atoms with E-state index in [1.54, 1.807) is 0 Å². The molecule has 2 aromatic rings. The van der Waals surface area contributed by atoms with Crippen LogP contribution in [0.5, 0.6) is 0 Å². The average molecular weight is 326 g/mol. The Balaban J connectivity index is 2.15. The van der Waals surface area contributed by atoms with Crippen molar-refractivity contribution in [3.63, 3.8) is 0 Å². The molecule has 8 heteroatoms. The lowest BCUT2D eigenvalue weighted by Crippen LogP contribution is -2.10. The maximum atomic E-state index is 12.5. The molecule has 0 aliphatic carbocycles. The van der Waals surface area contributed by atoms with Crippen molar-refractivity contribution in [2.45, 2.75) is 19.3 Å². The third-order valence-electron chi connectivity index (χ3n) is 3.09. The predicted octanol–water partition coefficient (Wildman–Crippen LogP) is 2.90. The number of hydrogen-bond donors (Lipinski definition) is 3. The Labute approximate surface area is 129 Å². The lowest BCUT2D eigenvalue weighted by atomic mass is 10.1. The van der Waals surface area contributed by atoms with Crippen LogP contribution in [0.1, 0.15) is 27.2 Å². The van der Waals surface area contributed by atoms with Crippen molar-refractivity contribution in [1.82, 2.24) is 4.98 Å². The number of aromatic nitrogens is 1. The van der Waals surface area contributed by atoms with Crippen molar-refractivity contribution < 1.29 is 28.2 Å². The smallest absolute Gasteiger partial charge is 0.416 e. The Morgan fingerprint density at radius 2 is 1.78 bits per heavy atom. The van der Waals surface area contributed by atoms with Crippen LogP contribution < -0.4 is 5.32 Å². The fourth-order valence-corrected chi connectivity index (χ4v) is 1.89. The minimum Gasteiger partial charge on any atom is -0.478 e. The molecule has 0 spiro atoms. The van der Waals surface area contributed by atoms with Gasteiger partial charge in [-0.25, -0.2) is 9.78 Å². The summed E-state index contributed by atoms with van der Waals surface area (Å²) in [5.74, 6) is -1.15. The lowest BCUT2D eigenvalue weighted by Gasteiger charge is -2.11. The highest BCUT2D eigenvalue weighted by Gasteiger charge is 2.29. The van der Waals surface area contributed by atoms with E-state index in [0.29, 0.717) is 5.56 Å². The van der Waals surface area contributed by atoms with E-state index in [1.807, 2.05) is 0 Å². The average Bonchev–Trinajstić information content (AvgIpc) is 2.52. The molecule has 0 saturated carbocycles. The van der Waals surface area contributed by atoms with E-state index in [2.05, 4.69) is 10.3 Å². The highest BCUT2D eigenvalue weighted by molar-refractivity contribution is 5.93. The number of carboxylic acids is 1. The molecule has 0 bridgehead atoms. The van der Waals surface area contributed by atoms with E-state index in [0.717, 1.165) is 12.1 Å². The third kappa shape index (κ3) is 4.19. The molecule has 0 unspecified atom stereocenters. The van der Waals surface area contributed by atoms with Crippen molar-refractivity contribution in [2.75, 3.05) is 5.32 Å². The van der Waals surface area contributed by atoms with Crippen LogP contribution in [0.25, 0.3) is 0 Å². The van der Waals surface area contributed by atoms with Crippen LogP contribution in [-0.2, 0) is 19.3 Å². The standard InChI is InChI=1S/C15H13F3N2O3/c16-15(17,18)10-3-1-9(2-4-10)7-19-13-12(14(22)23)6-5-11(8-21)20-13/h1-6,21H,7-8H2,(H,19,20)(H,22,23). The molecule has 0 aliphatic rings. The summed E-state index contributed by atoms with van der Waals surface area (Å²) in [6.07, 6.45) is -4.40. The normalized spacial score (nSPS) is 11.3. The van der Waals surface area contributed by atoms with Crippen LogP contribution in [-0.4, -0.2) is 21.2 Å². The molecule has 1 heterocycles. The zero-order chi connectivity index (χ0) is 17.0. The van der Waals surface area contributed by atoms with E-state index in [4.69, 9.17) is 10.2 Å². The van der Waals surface area contributed by atoms with Gasteiger partial charge in [0, 0.05) is 6.54 Å². The first-order valence-electron chi connectivity index (χ1n) is 6.55. The number of nitrogens with zero attached hydrogens (tertiary/aromatic N) is 1. The number of halogens is 3. The second-order valence-corrected chi connectivity index (χ2v) is 4.71. The third-order valence-corrected chi connectivity index (χ3v) is 3.09. The number of rotatable bonds is 5. The molecule has 0 saturated heterocycles. The second kappa shape index (κ2) is 6.66. The van der Waals surface area contributed by atoms with Crippen LogP contribution in [0.3, 0.4) is 0 Å². The van der Waals surface area contributed by atoms with Crippen molar-refractivity contribution >= 4 is 11.8 Å². The van der Waals surface area contributed by atoms with Crippen LogP contribution in [0, 0.1) is 0 Å². The van der Waals surface area contributed by atoms with Crippen LogP contribution in [0.15, 0.2) is 36.4 Å². The van der Waals surface area contributed by atoms with Crippen LogP contribution >= 0.6 is 0 Å². The Bertz CT molecular complexity index is 700. The first-order chi connectivity index (χ1) is 10.8. The lowest BCUT2D eigenvalue weighted by molar-refractivity contribution is -0.137. The number of carboxylic acid groups (broad SMARTS) is 1. The van der Waals surface area contributed by atoms with E-state index >= 15 is 0 Å². The number of aromatic carboxylic acids is 1. The van der Waals surface area contributed by atoms with Crippen molar-refractivity contribution in [2.24, 2.45) is 0 Å². The molecular weight excluding hydrogens is 313 g/mol. The van der Waals surface area contributed by atoms with Gasteiger partial charge in [0.25, 0.3) is 0 Å². The van der Waals surface area contributed by atoms with Crippen LogP contribution in [0.4, 0.5) is 19.0 Å². The summed E-state index contributed by atoms with van der Waals surface area (Å²) in [5, 5.41) is 20.9. The fourth-order valence-electron chi connectivity index (χ4n) is 1.89. The first-order valence-corrected chi connectivity index (χ1v) is 6.55. The topological polar surface area (TPSA) is 82.5 Å². The van der Waals surface area contributed by atoms with Crippen molar-refractivity contribution in [3.8, 4) is 0 Å². The maximum absolute atomic E-state index is 12.5. The number of alkyl halides is 3. The molecule has 23 heavy (non-hydrogen) atoms. The van der Waals surface area contributed by atoms with Gasteiger partial charge in [-0.05, 0) is 29.8 Å². The van der Waals surface area contributed by atoms with Gasteiger partial charge in [0.15, 0.2) is 0 Å².